The zero-order valence-corrected chi connectivity index (χ0v) is 8.50. The summed E-state index contributed by atoms with van der Waals surface area (Å²) < 4.78 is 3.33. The summed E-state index contributed by atoms with van der Waals surface area (Å²) in [5.41, 5.74) is -1.04. The number of halogens is 3. The Hall–Kier alpha value is 0.500. The van der Waals surface area contributed by atoms with Crippen LogP contribution in [-0.2, 0) is 9.53 Å². The Morgan fingerprint density at radius 3 is 2.00 bits per heavy atom. The van der Waals surface area contributed by atoms with Crippen LogP contribution in [0.1, 0.15) is 13.3 Å². The molecule has 1 atom stereocenters. The number of alkyl halides is 3. The van der Waals surface area contributed by atoms with Gasteiger partial charge in [-0.1, -0.05) is 34.8 Å². The van der Waals surface area contributed by atoms with Gasteiger partial charge >= 0.3 is 0 Å². The Morgan fingerprint density at radius 1 is 1.45 bits per heavy atom. The van der Waals surface area contributed by atoms with E-state index in [-0.39, 0.29) is 6.42 Å². The van der Waals surface area contributed by atoms with Crippen LogP contribution in [0.5, 0.6) is 0 Å². The highest BCUT2D eigenvalue weighted by molar-refractivity contribution is 6.68. The Kier molecular flexibility index (Phi) is 4.12. The van der Waals surface area contributed by atoms with E-state index in [0.29, 0.717) is 6.29 Å². The molecule has 0 aliphatic rings. The maximum Gasteiger partial charge on any atom is 0.219 e. The van der Waals surface area contributed by atoms with Crippen LogP contribution in [0.4, 0.5) is 0 Å². The Balaban J connectivity index is 4.45. The van der Waals surface area contributed by atoms with E-state index in [0.717, 1.165) is 0 Å². The van der Waals surface area contributed by atoms with Crippen LogP contribution in [0.3, 0.4) is 0 Å². The molecule has 0 aromatic carbocycles. The number of hydrogen-bond donors (Lipinski definition) is 0. The molecule has 66 valence electrons. The summed E-state index contributed by atoms with van der Waals surface area (Å²) in [6.45, 7) is 1.56. The standard InChI is InChI=1S/C6H9Cl3O2/c1-5(11-2,3-4-10)6(7,8)9/h4H,3H2,1-2H3. The van der Waals surface area contributed by atoms with E-state index in [1.807, 2.05) is 0 Å². The second-order valence-electron chi connectivity index (χ2n) is 2.30. The highest BCUT2D eigenvalue weighted by Crippen LogP contribution is 2.41. The molecule has 0 fully saturated rings. The molecule has 0 radical (unpaired) electrons. The van der Waals surface area contributed by atoms with Gasteiger partial charge in [-0.25, -0.2) is 0 Å². The molecule has 0 rings (SSSR count). The summed E-state index contributed by atoms with van der Waals surface area (Å²) >= 11 is 16.7. The molecule has 11 heavy (non-hydrogen) atoms. The zero-order chi connectivity index (χ0) is 9.12. The van der Waals surface area contributed by atoms with E-state index in [2.05, 4.69) is 0 Å². The monoisotopic (exact) mass is 218 g/mol. The van der Waals surface area contributed by atoms with Gasteiger partial charge in [-0.3, -0.25) is 0 Å². The topological polar surface area (TPSA) is 26.3 Å². The van der Waals surface area contributed by atoms with E-state index < -0.39 is 9.39 Å². The molecule has 0 spiro atoms. The number of hydrogen-bond acceptors (Lipinski definition) is 2. The molecule has 0 saturated carbocycles. The van der Waals surface area contributed by atoms with Crippen LogP contribution in [0, 0.1) is 0 Å². The minimum atomic E-state index is -1.58. The van der Waals surface area contributed by atoms with Crippen molar-refractivity contribution in [2.45, 2.75) is 22.7 Å². The smallest absolute Gasteiger partial charge is 0.219 e. The summed E-state index contributed by atoms with van der Waals surface area (Å²) in [5.74, 6) is 0. The first kappa shape index (κ1) is 11.5. The van der Waals surface area contributed by atoms with Gasteiger partial charge in [0.05, 0.1) is 0 Å². The average Bonchev–Trinajstić information content (AvgIpc) is 1.86. The van der Waals surface area contributed by atoms with E-state index in [1.54, 1.807) is 6.92 Å². The van der Waals surface area contributed by atoms with Crippen molar-refractivity contribution >= 4 is 41.1 Å². The van der Waals surface area contributed by atoms with Gasteiger partial charge in [0, 0.05) is 13.5 Å². The lowest BCUT2D eigenvalue weighted by molar-refractivity contribution is -0.113. The molecule has 0 aromatic rings. The molecule has 2 nitrogen and oxygen atoms in total. The van der Waals surface area contributed by atoms with Crippen LogP contribution in [0.2, 0.25) is 0 Å². The molecule has 0 amide bonds. The maximum atomic E-state index is 10.2. The molecule has 1 unspecified atom stereocenters. The molecule has 0 aliphatic heterocycles. The fourth-order valence-electron chi connectivity index (χ4n) is 0.474. The molecular formula is C6H9Cl3O2. The largest absolute Gasteiger partial charge is 0.374 e. The minimum absolute atomic E-state index is 0.0556. The van der Waals surface area contributed by atoms with Crippen molar-refractivity contribution in [1.29, 1.82) is 0 Å². The van der Waals surface area contributed by atoms with Crippen molar-refractivity contribution in [2.24, 2.45) is 0 Å². The van der Waals surface area contributed by atoms with Gasteiger partial charge in [-0.2, -0.15) is 0 Å². The third-order valence-electron chi connectivity index (χ3n) is 1.52. The molecule has 0 bridgehead atoms. The van der Waals surface area contributed by atoms with E-state index in [9.17, 15) is 4.79 Å². The van der Waals surface area contributed by atoms with Crippen molar-refractivity contribution in [3.8, 4) is 0 Å². The molecular weight excluding hydrogens is 210 g/mol. The molecule has 0 heterocycles. The molecule has 5 heteroatoms. The maximum absolute atomic E-state index is 10.2. The minimum Gasteiger partial charge on any atom is -0.374 e. The highest BCUT2D eigenvalue weighted by atomic mass is 35.6. The summed E-state index contributed by atoms with van der Waals surface area (Å²) in [5, 5.41) is 0. The average molecular weight is 219 g/mol. The predicted molar refractivity (Wildman–Crippen MR) is 46.4 cm³/mol. The van der Waals surface area contributed by atoms with Crippen molar-refractivity contribution in [2.75, 3.05) is 7.11 Å². The Morgan fingerprint density at radius 2 is 1.91 bits per heavy atom. The summed E-state index contributed by atoms with van der Waals surface area (Å²) in [6, 6.07) is 0. The van der Waals surface area contributed by atoms with Crippen molar-refractivity contribution in [3.05, 3.63) is 0 Å². The molecule has 0 N–H and O–H groups in total. The number of carbonyl (C=O) groups excluding carboxylic acids is 1. The van der Waals surface area contributed by atoms with E-state index >= 15 is 0 Å². The van der Waals surface area contributed by atoms with Gasteiger partial charge < -0.3 is 9.53 Å². The zero-order valence-electron chi connectivity index (χ0n) is 6.23. The fourth-order valence-corrected chi connectivity index (χ4v) is 0.937. The normalized spacial score (nSPS) is 17.5. The predicted octanol–water partition coefficient (Wildman–Crippen LogP) is 2.35. The number of rotatable bonds is 3. The van der Waals surface area contributed by atoms with Gasteiger partial charge in [0.2, 0.25) is 3.79 Å². The van der Waals surface area contributed by atoms with E-state index in [1.165, 1.54) is 7.11 Å². The highest BCUT2D eigenvalue weighted by Gasteiger charge is 2.44. The van der Waals surface area contributed by atoms with Crippen LogP contribution in [0.25, 0.3) is 0 Å². The van der Waals surface area contributed by atoms with E-state index in [4.69, 9.17) is 39.5 Å². The lowest BCUT2D eigenvalue weighted by Crippen LogP contribution is -2.42. The number of methoxy groups -OCH3 is 1. The SMILES string of the molecule is COC(C)(CC=O)C(Cl)(Cl)Cl. The summed E-state index contributed by atoms with van der Waals surface area (Å²) in [4.78, 5) is 10.2. The van der Waals surface area contributed by atoms with Crippen molar-refractivity contribution in [1.82, 2.24) is 0 Å². The summed E-state index contributed by atoms with van der Waals surface area (Å²) in [6.07, 6.45) is 0.714. The lowest BCUT2D eigenvalue weighted by Gasteiger charge is -2.32. The Labute approximate surface area is 80.7 Å². The van der Waals surface area contributed by atoms with Gasteiger partial charge in [-0.05, 0) is 6.92 Å². The number of ether oxygens (including phenoxy) is 1. The first-order valence-corrected chi connectivity index (χ1v) is 4.06. The second-order valence-corrected chi connectivity index (χ2v) is 4.58. The van der Waals surface area contributed by atoms with Crippen LogP contribution in [0.15, 0.2) is 0 Å². The fraction of sp³-hybridized carbons (Fsp3) is 0.833. The molecule has 0 saturated heterocycles. The third kappa shape index (κ3) is 2.79. The molecule has 0 aromatic heterocycles. The van der Waals surface area contributed by atoms with Gasteiger partial charge in [-0.15, -0.1) is 0 Å². The van der Waals surface area contributed by atoms with Crippen LogP contribution >= 0.6 is 34.8 Å². The van der Waals surface area contributed by atoms with Gasteiger partial charge in [0.15, 0.2) is 0 Å². The number of aldehydes is 1. The lowest BCUT2D eigenvalue weighted by atomic mass is 10.1. The Bertz CT molecular complexity index is 143. The second kappa shape index (κ2) is 3.94. The quantitative estimate of drug-likeness (QED) is 0.538. The van der Waals surface area contributed by atoms with Crippen LogP contribution in [-0.4, -0.2) is 22.8 Å². The first-order chi connectivity index (χ1) is 4.87. The van der Waals surface area contributed by atoms with Crippen LogP contribution < -0.4 is 0 Å². The molecule has 0 aliphatic carbocycles. The number of carbonyl (C=O) groups is 1. The van der Waals surface area contributed by atoms with Crippen molar-refractivity contribution < 1.29 is 9.53 Å². The van der Waals surface area contributed by atoms with Gasteiger partial charge in [0.1, 0.15) is 11.9 Å². The third-order valence-corrected chi connectivity index (χ3v) is 2.72. The van der Waals surface area contributed by atoms with Gasteiger partial charge in [0.25, 0.3) is 0 Å². The first-order valence-electron chi connectivity index (χ1n) is 2.93. The van der Waals surface area contributed by atoms with Crippen molar-refractivity contribution in [3.63, 3.8) is 0 Å². The summed E-state index contributed by atoms with van der Waals surface area (Å²) in [7, 11) is 1.39.